The monoisotopic (exact) mass is 555 g/mol. The molecule has 0 aliphatic carbocycles. The number of ether oxygens (including phenoxy) is 1. The van der Waals surface area contributed by atoms with Crippen LogP contribution in [0.15, 0.2) is 84.0 Å². The summed E-state index contributed by atoms with van der Waals surface area (Å²) < 4.78 is 43.8. The molecule has 7 nitrogen and oxygen atoms in total. The fraction of sp³-hybridized carbons (Fsp3) is 0.107. The van der Waals surface area contributed by atoms with Crippen molar-refractivity contribution in [3.05, 3.63) is 106 Å². The Hall–Kier alpha value is -4.57. The molecule has 4 aromatic carbocycles. The van der Waals surface area contributed by atoms with E-state index >= 15 is 0 Å². The molecule has 0 aliphatic heterocycles. The maximum absolute atomic E-state index is 12.7. The predicted octanol–water partition coefficient (Wildman–Crippen LogP) is 5.68. The zero-order valence-corrected chi connectivity index (χ0v) is 20.9. The second kappa shape index (κ2) is 11.9. The van der Waals surface area contributed by atoms with Gasteiger partial charge >= 0.3 is 6.18 Å². The normalized spacial score (nSPS) is 11.5. The van der Waals surface area contributed by atoms with Crippen molar-refractivity contribution in [1.82, 2.24) is 10.7 Å². The van der Waals surface area contributed by atoms with E-state index in [9.17, 15) is 27.9 Å². The summed E-state index contributed by atoms with van der Waals surface area (Å²) in [5, 5.41) is 17.6. The van der Waals surface area contributed by atoms with Crippen LogP contribution in [0.4, 0.5) is 13.2 Å². The summed E-state index contributed by atoms with van der Waals surface area (Å²) in [4.78, 5) is 24.6. The molecule has 0 spiro atoms. The first-order chi connectivity index (χ1) is 18.6. The first-order valence-corrected chi connectivity index (χ1v) is 11.9. The molecule has 200 valence electrons. The predicted molar refractivity (Wildman–Crippen MR) is 141 cm³/mol. The number of nitrogens with zero attached hydrogens (tertiary/aromatic N) is 1. The summed E-state index contributed by atoms with van der Waals surface area (Å²) in [7, 11) is 0. The first-order valence-electron chi connectivity index (χ1n) is 11.5. The molecule has 3 N–H and O–H groups in total. The van der Waals surface area contributed by atoms with E-state index < -0.39 is 23.6 Å². The van der Waals surface area contributed by atoms with Gasteiger partial charge in [0.15, 0.2) is 6.61 Å². The van der Waals surface area contributed by atoms with Crippen LogP contribution >= 0.6 is 11.6 Å². The number of hydrogen-bond donors (Lipinski definition) is 3. The first kappa shape index (κ1) is 27.5. The van der Waals surface area contributed by atoms with Crippen molar-refractivity contribution in [1.29, 1.82) is 0 Å². The number of benzene rings is 4. The molecule has 0 saturated carbocycles. The highest BCUT2D eigenvalue weighted by Gasteiger charge is 2.29. The lowest BCUT2D eigenvalue weighted by atomic mass is 10.0. The van der Waals surface area contributed by atoms with Crippen molar-refractivity contribution in [2.24, 2.45) is 5.10 Å². The number of carbonyl (C=O) groups is 2. The van der Waals surface area contributed by atoms with Crippen LogP contribution < -0.4 is 15.5 Å². The molecule has 0 heterocycles. The Morgan fingerprint density at radius 3 is 2.38 bits per heavy atom. The maximum Gasteiger partial charge on any atom is 0.416 e. The lowest BCUT2D eigenvalue weighted by molar-refractivity contribution is -0.137. The number of aromatic hydroxyl groups is 1. The number of nitrogens with one attached hydrogen (secondary N) is 2. The topological polar surface area (TPSA) is 100 Å². The summed E-state index contributed by atoms with van der Waals surface area (Å²) in [6.45, 7) is -0.248. The maximum atomic E-state index is 12.7. The number of halogens is 4. The van der Waals surface area contributed by atoms with Gasteiger partial charge in [-0.15, -0.1) is 0 Å². The van der Waals surface area contributed by atoms with Crippen LogP contribution in [0.3, 0.4) is 0 Å². The second-order valence-corrected chi connectivity index (χ2v) is 8.73. The van der Waals surface area contributed by atoms with Crippen LogP contribution in [0.5, 0.6) is 11.5 Å². The average molecular weight is 556 g/mol. The molecule has 0 aromatic heterocycles. The number of phenols is 1. The standard InChI is InChI=1S/C28H21ClF3N3O4/c29-23-13-18(7-11-24(23)36)27(38)35-34-15-19-8-12-25(22-4-2-1-3-21(19)22)39-16-26(37)33-14-17-5-9-20(10-6-17)28(30,31)32/h1-13,15,36H,14,16H2,(H,33,37)(H,35,38)/b34-15+. The van der Waals surface area contributed by atoms with Crippen molar-refractivity contribution in [3.8, 4) is 11.5 Å². The van der Waals surface area contributed by atoms with Gasteiger partial charge in [-0.1, -0.05) is 48.0 Å². The minimum Gasteiger partial charge on any atom is -0.506 e. The highest BCUT2D eigenvalue weighted by Crippen LogP contribution is 2.30. The largest absolute Gasteiger partial charge is 0.506 e. The van der Waals surface area contributed by atoms with E-state index in [2.05, 4.69) is 15.8 Å². The van der Waals surface area contributed by atoms with Crippen molar-refractivity contribution < 1.29 is 32.6 Å². The fourth-order valence-corrected chi connectivity index (χ4v) is 3.79. The number of hydrazone groups is 1. The van der Waals surface area contributed by atoms with Gasteiger partial charge in [-0.25, -0.2) is 5.43 Å². The lowest BCUT2D eigenvalue weighted by Gasteiger charge is -2.12. The van der Waals surface area contributed by atoms with Crippen molar-refractivity contribution in [2.45, 2.75) is 12.7 Å². The lowest BCUT2D eigenvalue weighted by Crippen LogP contribution is -2.28. The molecular formula is C28H21ClF3N3O4. The van der Waals surface area contributed by atoms with E-state index in [1.807, 2.05) is 12.1 Å². The number of carbonyl (C=O) groups excluding carboxylic acids is 2. The molecule has 39 heavy (non-hydrogen) atoms. The van der Waals surface area contributed by atoms with Gasteiger partial charge in [-0.3, -0.25) is 9.59 Å². The molecule has 0 unspecified atom stereocenters. The van der Waals surface area contributed by atoms with Gasteiger partial charge < -0.3 is 15.2 Å². The molecule has 2 amide bonds. The van der Waals surface area contributed by atoms with Gasteiger partial charge in [0, 0.05) is 23.1 Å². The molecule has 0 fully saturated rings. The molecule has 4 rings (SSSR count). The van der Waals surface area contributed by atoms with E-state index in [1.165, 1.54) is 36.5 Å². The number of alkyl halides is 3. The van der Waals surface area contributed by atoms with Gasteiger partial charge in [0.1, 0.15) is 11.5 Å². The number of hydrogen-bond acceptors (Lipinski definition) is 5. The minimum absolute atomic E-state index is 0.0430. The smallest absolute Gasteiger partial charge is 0.416 e. The van der Waals surface area contributed by atoms with Gasteiger partial charge in [-0.2, -0.15) is 18.3 Å². The Kier molecular flexibility index (Phi) is 8.36. The molecule has 4 aromatic rings. The zero-order valence-electron chi connectivity index (χ0n) is 20.1. The van der Waals surface area contributed by atoms with Crippen LogP contribution in [0, 0.1) is 0 Å². The Bertz CT molecular complexity index is 1540. The Morgan fingerprint density at radius 1 is 0.974 bits per heavy atom. The summed E-state index contributed by atoms with van der Waals surface area (Å²) >= 11 is 5.84. The summed E-state index contributed by atoms with van der Waals surface area (Å²) in [5.74, 6) is -0.654. The Morgan fingerprint density at radius 2 is 1.69 bits per heavy atom. The Labute approximate surface area is 225 Å². The van der Waals surface area contributed by atoms with Crippen molar-refractivity contribution >= 4 is 40.4 Å². The van der Waals surface area contributed by atoms with Gasteiger partial charge in [0.25, 0.3) is 11.8 Å². The van der Waals surface area contributed by atoms with Gasteiger partial charge in [0.2, 0.25) is 0 Å². The quantitative estimate of drug-likeness (QED) is 0.192. The molecule has 0 saturated heterocycles. The van der Waals surface area contributed by atoms with Crippen LogP contribution in [0.25, 0.3) is 10.8 Å². The van der Waals surface area contributed by atoms with Crippen LogP contribution in [-0.2, 0) is 17.5 Å². The molecule has 0 bridgehead atoms. The molecule has 0 atom stereocenters. The fourth-order valence-electron chi connectivity index (χ4n) is 3.61. The van der Waals surface area contributed by atoms with E-state index in [4.69, 9.17) is 16.3 Å². The average Bonchev–Trinajstić information content (AvgIpc) is 2.92. The van der Waals surface area contributed by atoms with Gasteiger partial charge in [0.05, 0.1) is 16.8 Å². The third kappa shape index (κ3) is 7.05. The summed E-state index contributed by atoms with van der Waals surface area (Å²) in [6.07, 6.45) is -2.96. The zero-order chi connectivity index (χ0) is 28.0. The van der Waals surface area contributed by atoms with Crippen LogP contribution in [-0.4, -0.2) is 29.7 Å². The highest BCUT2D eigenvalue weighted by molar-refractivity contribution is 6.32. The summed E-state index contributed by atoms with van der Waals surface area (Å²) in [5.41, 5.74) is 3.06. The third-order valence-corrected chi connectivity index (χ3v) is 5.93. The molecular weight excluding hydrogens is 535 g/mol. The number of fused-ring (bicyclic) bond motifs is 1. The van der Waals surface area contributed by atoms with E-state index in [-0.39, 0.29) is 29.5 Å². The van der Waals surface area contributed by atoms with E-state index in [1.54, 1.807) is 24.3 Å². The highest BCUT2D eigenvalue weighted by atomic mass is 35.5. The Balaban J connectivity index is 1.37. The van der Waals surface area contributed by atoms with Crippen molar-refractivity contribution in [2.75, 3.05) is 6.61 Å². The molecule has 0 radical (unpaired) electrons. The molecule has 11 heteroatoms. The number of phenolic OH excluding ortho intramolecular Hbond substituents is 1. The van der Waals surface area contributed by atoms with Crippen molar-refractivity contribution in [3.63, 3.8) is 0 Å². The number of amides is 2. The second-order valence-electron chi connectivity index (χ2n) is 8.32. The van der Waals surface area contributed by atoms with Crippen LogP contribution in [0.2, 0.25) is 5.02 Å². The SMILES string of the molecule is O=C(COc1ccc(/C=N/NC(=O)c2ccc(O)c(Cl)c2)c2ccccc12)NCc1ccc(C(F)(F)F)cc1. The minimum atomic E-state index is -4.42. The third-order valence-electron chi connectivity index (χ3n) is 5.63. The van der Waals surface area contributed by atoms with Gasteiger partial charge in [-0.05, 0) is 53.4 Å². The number of rotatable bonds is 8. The van der Waals surface area contributed by atoms with Crippen LogP contribution in [0.1, 0.15) is 27.0 Å². The summed E-state index contributed by atoms with van der Waals surface area (Å²) in [6, 6.07) is 19.2. The van der Waals surface area contributed by atoms with E-state index in [0.29, 0.717) is 22.3 Å². The molecule has 0 aliphatic rings. The van der Waals surface area contributed by atoms with E-state index in [0.717, 1.165) is 17.5 Å².